The normalized spacial score (nSPS) is 13.6. The summed E-state index contributed by atoms with van der Waals surface area (Å²) in [5, 5.41) is 8.85. The molecular weight excluding hydrogens is 388 g/mol. The van der Waals surface area contributed by atoms with E-state index in [9.17, 15) is 31.1 Å². The Morgan fingerprint density at radius 3 is 2.07 bits per heavy atom. The Kier molecular flexibility index (Phi) is 6.65. The average molecular weight is 409 g/mol. The Morgan fingerprint density at radius 1 is 1.14 bits per heavy atom. The molecule has 0 aromatic heterocycles. The van der Waals surface area contributed by atoms with E-state index in [1.807, 2.05) is 0 Å². The number of rotatable bonds is 4. The lowest BCUT2D eigenvalue weighted by Crippen LogP contribution is -2.53. The van der Waals surface area contributed by atoms with E-state index >= 15 is 0 Å². The van der Waals surface area contributed by atoms with Crippen molar-refractivity contribution in [3.05, 3.63) is 29.3 Å². The number of likely N-dealkylation sites (N-methyl/N-ethyl adjacent to an activating group) is 1. The van der Waals surface area contributed by atoms with Crippen LogP contribution in [0.4, 0.5) is 32.0 Å². The lowest BCUT2D eigenvalue weighted by atomic mass is 10.0. The van der Waals surface area contributed by atoms with E-state index in [0.717, 1.165) is 12.1 Å². The van der Waals surface area contributed by atoms with Gasteiger partial charge < -0.3 is 9.80 Å². The van der Waals surface area contributed by atoms with Gasteiger partial charge in [-0.1, -0.05) is 0 Å². The van der Waals surface area contributed by atoms with E-state index in [1.54, 1.807) is 20.8 Å². The lowest BCUT2D eigenvalue weighted by Gasteiger charge is -2.38. The van der Waals surface area contributed by atoms with Crippen molar-refractivity contribution in [3.8, 4) is 6.07 Å². The molecule has 0 bridgehead atoms. The highest BCUT2D eigenvalue weighted by Crippen LogP contribution is 2.36. The highest BCUT2D eigenvalue weighted by molar-refractivity contribution is 5.85. The summed E-state index contributed by atoms with van der Waals surface area (Å²) >= 11 is 0. The van der Waals surface area contributed by atoms with E-state index in [4.69, 9.17) is 5.26 Å². The molecule has 0 fully saturated rings. The van der Waals surface area contributed by atoms with Gasteiger partial charge in [0.05, 0.1) is 17.2 Å². The standard InChI is InChI=1S/C18H21F6N3O/c1-11(15(28)26(5)16(2,3)4)27(10-17(19,20)21)13-7-6-12(9-25)14(8-13)18(22,23)24/h6-8,11H,10H2,1-5H3/t11-/m0/s1. The third kappa shape index (κ3) is 5.78. The van der Waals surface area contributed by atoms with Crippen molar-refractivity contribution >= 4 is 11.6 Å². The van der Waals surface area contributed by atoms with Crippen molar-refractivity contribution < 1.29 is 31.1 Å². The van der Waals surface area contributed by atoms with Gasteiger partial charge in [-0.25, -0.2) is 0 Å². The predicted octanol–water partition coefficient (Wildman–Crippen LogP) is 4.59. The molecule has 28 heavy (non-hydrogen) atoms. The maximum atomic E-state index is 13.2. The van der Waals surface area contributed by atoms with Gasteiger partial charge in [-0.15, -0.1) is 0 Å². The number of anilines is 1. The molecule has 1 aromatic rings. The molecule has 1 rings (SSSR count). The number of halogens is 6. The zero-order valence-electron chi connectivity index (χ0n) is 16.0. The van der Waals surface area contributed by atoms with Gasteiger partial charge in [0.1, 0.15) is 12.6 Å². The molecular formula is C18H21F6N3O. The Morgan fingerprint density at radius 2 is 1.68 bits per heavy atom. The number of carbonyl (C=O) groups excluding carboxylic acids is 1. The van der Waals surface area contributed by atoms with E-state index < -0.39 is 53.2 Å². The number of hydrogen-bond acceptors (Lipinski definition) is 3. The van der Waals surface area contributed by atoms with Crippen LogP contribution in [-0.2, 0) is 11.0 Å². The molecule has 0 aliphatic rings. The minimum absolute atomic E-state index is 0.452. The molecule has 0 N–H and O–H groups in total. The van der Waals surface area contributed by atoms with Crippen LogP contribution in [0, 0.1) is 11.3 Å². The largest absolute Gasteiger partial charge is 0.417 e. The quantitative estimate of drug-likeness (QED) is 0.684. The third-order valence-electron chi connectivity index (χ3n) is 4.27. The maximum Gasteiger partial charge on any atom is 0.417 e. The molecule has 0 heterocycles. The summed E-state index contributed by atoms with van der Waals surface area (Å²) < 4.78 is 78.8. The van der Waals surface area contributed by atoms with Crippen LogP contribution in [0.25, 0.3) is 0 Å². The average Bonchev–Trinajstić information content (AvgIpc) is 2.54. The van der Waals surface area contributed by atoms with Gasteiger partial charge in [-0.2, -0.15) is 31.6 Å². The molecule has 0 radical (unpaired) electrons. The molecule has 10 heteroatoms. The first-order valence-corrected chi connectivity index (χ1v) is 8.21. The second-order valence-electron chi connectivity index (χ2n) is 7.33. The SMILES string of the molecule is C[C@@H](C(=O)N(C)C(C)(C)C)N(CC(F)(F)F)c1ccc(C#N)c(C(F)(F)F)c1. The van der Waals surface area contributed by atoms with Crippen LogP contribution in [0.15, 0.2) is 18.2 Å². The van der Waals surface area contributed by atoms with Gasteiger partial charge in [-0.3, -0.25) is 4.79 Å². The zero-order valence-corrected chi connectivity index (χ0v) is 16.0. The highest BCUT2D eigenvalue weighted by Gasteiger charge is 2.39. The lowest BCUT2D eigenvalue weighted by molar-refractivity contribution is -0.138. The second-order valence-corrected chi connectivity index (χ2v) is 7.33. The molecule has 0 saturated heterocycles. The fraction of sp³-hybridized carbons (Fsp3) is 0.556. The maximum absolute atomic E-state index is 13.2. The minimum atomic E-state index is -4.93. The van der Waals surface area contributed by atoms with Crippen LogP contribution in [-0.4, -0.2) is 42.2 Å². The summed E-state index contributed by atoms with van der Waals surface area (Å²) in [5.74, 6) is -0.685. The Labute approximate surface area is 159 Å². The smallest absolute Gasteiger partial charge is 0.351 e. The van der Waals surface area contributed by atoms with Crippen molar-refractivity contribution in [2.45, 2.75) is 51.6 Å². The van der Waals surface area contributed by atoms with Crippen molar-refractivity contribution in [1.82, 2.24) is 4.90 Å². The van der Waals surface area contributed by atoms with Crippen molar-refractivity contribution in [2.24, 2.45) is 0 Å². The summed E-state index contributed by atoms with van der Waals surface area (Å²) in [7, 11) is 1.41. The predicted molar refractivity (Wildman–Crippen MR) is 91.5 cm³/mol. The Balaban J connectivity index is 3.48. The summed E-state index contributed by atoms with van der Waals surface area (Å²) in [5.41, 5.74) is -3.22. The van der Waals surface area contributed by atoms with Crippen LogP contribution >= 0.6 is 0 Å². The van der Waals surface area contributed by atoms with Gasteiger partial charge in [0, 0.05) is 18.3 Å². The van der Waals surface area contributed by atoms with Gasteiger partial charge in [0.25, 0.3) is 0 Å². The van der Waals surface area contributed by atoms with Crippen LogP contribution < -0.4 is 4.90 Å². The van der Waals surface area contributed by atoms with Gasteiger partial charge >= 0.3 is 12.4 Å². The number of amides is 1. The number of nitriles is 1. The summed E-state index contributed by atoms with van der Waals surface area (Å²) in [6.07, 6.45) is -9.69. The van der Waals surface area contributed by atoms with Crippen molar-refractivity contribution in [3.63, 3.8) is 0 Å². The summed E-state index contributed by atoms with van der Waals surface area (Å²) in [6.45, 7) is 4.60. The minimum Gasteiger partial charge on any atom is -0.351 e. The molecule has 1 aromatic carbocycles. The van der Waals surface area contributed by atoms with Crippen LogP contribution in [0.3, 0.4) is 0 Å². The van der Waals surface area contributed by atoms with Crippen molar-refractivity contribution in [1.29, 1.82) is 5.26 Å². The number of nitrogens with zero attached hydrogens (tertiary/aromatic N) is 3. The molecule has 0 aliphatic heterocycles. The fourth-order valence-electron chi connectivity index (χ4n) is 2.43. The molecule has 0 aliphatic carbocycles. The molecule has 156 valence electrons. The Bertz CT molecular complexity index is 759. The Hall–Kier alpha value is -2.44. The molecule has 1 atom stereocenters. The van der Waals surface area contributed by atoms with Crippen LogP contribution in [0.1, 0.15) is 38.8 Å². The number of alkyl halides is 6. The van der Waals surface area contributed by atoms with Gasteiger partial charge in [0.2, 0.25) is 5.91 Å². The van der Waals surface area contributed by atoms with Gasteiger partial charge in [0.15, 0.2) is 0 Å². The first kappa shape index (κ1) is 23.6. The molecule has 1 amide bonds. The topological polar surface area (TPSA) is 47.3 Å². The fourth-order valence-corrected chi connectivity index (χ4v) is 2.43. The number of hydrogen-bond donors (Lipinski definition) is 0. The molecule has 0 saturated carbocycles. The summed E-state index contributed by atoms with van der Waals surface area (Å²) in [6, 6.07) is 2.22. The molecule has 4 nitrogen and oxygen atoms in total. The van der Waals surface area contributed by atoms with Crippen LogP contribution in [0.5, 0.6) is 0 Å². The van der Waals surface area contributed by atoms with E-state index in [-0.39, 0.29) is 0 Å². The number of benzene rings is 1. The number of carbonyl (C=O) groups is 1. The van der Waals surface area contributed by atoms with E-state index in [0.29, 0.717) is 11.0 Å². The van der Waals surface area contributed by atoms with E-state index in [2.05, 4.69) is 0 Å². The van der Waals surface area contributed by atoms with Crippen molar-refractivity contribution in [2.75, 3.05) is 18.5 Å². The highest BCUT2D eigenvalue weighted by atomic mass is 19.4. The van der Waals surface area contributed by atoms with Gasteiger partial charge in [-0.05, 0) is 45.9 Å². The first-order valence-electron chi connectivity index (χ1n) is 8.21. The third-order valence-corrected chi connectivity index (χ3v) is 4.27. The first-order chi connectivity index (χ1) is 12.5. The van der Waals surface area contributed by atoms with Crippen LogP contribution in [0.2, 0.25) is 0 Å². The summed E-state index contributed by atoms with van der Waals surface area (Å²) in [4.78, 5) is 14.4. The molecule has 0 unspecified atom stereocenters. The monoisotopic (exact) mass is 409 g/mol. The molecule has 0 spiro atoms. The second kappa shape index (κ2) is 7.89. The van der Waals surface area contributed by atoms with E-state index in [1.165, 1.54) is 24.9 Å². The zero-order chi connectivity index (χ0) is 22.1.